The number of halogens is 1. The fourth-order valence-electron chi connectivity index (χ4n) is 1.83. The van der Waals surface area contributed by atoms with Crippen molar-refractivity contribution in [1.82, 2.24) is 10.6 Å². The molecule has 3 N–H and O–H groups in total. The van der Waals surface area contributed by atoms with Crippen LogP contribution in [0, 0.1) is 12.7 Å². The monoisotopic (exact) mass is 296 g/mol. The Morgan fingerprint density at radius 1 is 1.38 bits per heavy atom. The highest BCUT2D eigenvalue weighted by Gasteiger charge is 2.16. The van der Waals surface area contributed by atoms with Gasteiger partial charge in [-0.05, 0) is 30.5 Å². The van der Waals surface area contributed by atoms with Gasteiger partial charge in [-0.25, -0.2) is 4.39 Å². The Morgan fingerprint density at radius 3 is 2.67 bits per heavy atom. The Kier molecular flexibility index (Phi) is 6.81. The summed E-state index contributed by atoms with van der Waals surface area (Å²) in [4.78, 5) is 22.6. The standard InChI is InChI=1S/C15H21FN2O3/c1-3-4-13(15(20)21)17-9-14(19)18-8-11-6-5-10(2)12(16)7-11/h5-7,13,17H,3-4,8-9H2,1-2H3,(H,18,19)(H,20,21). The van der Waals surface area contributed by atoms with E-state index in [4.69, 9.17) is 5.11 Å². The zero-order valence-electron chi connectivity index (χ0n) is 12.3. The first-order chi connectivity index (χ1) is 9.93. The number of hydrogen-bond donors (Lipinski definition) is 3. The van der Waals surface area contributed by atoms with Gasteiger partial charge in [-0.1, -0.05) is 25.5 Å². The molecule has 1 unspecified atom stereocenters. The third kappa shape index (κ3) is 5.91. The molecule has 0 saturated heterocycles. The molecule has 0 aliphatic heterocycles. The summed E-state index contributed by atoms with van der Waals surface area (Å²) in [5.74, 6) is -1.60. The zero-order valence-corrected chi connectivity index (χ0v) is 12.3. The topological polar surface area (TPSA) is 78.4 Å². The number of amides is 1. The van der Waals surface area contributed by atoms with Crippen molar-refractivity contribution in [3.63, 3.8) is 0 Å². The lowest BCUT2D eigenvalue weighted by molar-refractivity contribution is -0.139. The van der Waals surface area contributed by atoms with E-state index in [2.05, 4.69) is 10.6 Å². The van der Waals surface area contributed by atoms with Gasteiger partial charge in [-0.3, -0.25) is 14.9 Å². The summed E-state index contributed by atoms with van der Waals surface area (Å²) in [6.07, 6.45) is 1.18. The zero-order chi connectivity index (χ0) is 15.8. The summed E-state index contributed by atoms with van der Waals surface area (Å²) in [5, 5.41) is 14.3. The number of hydrogen-bond acceptors (Lipinski definition) is 3. The number of carbonyl (C=O) groups excluding carboxylic acids is 1. The smallest absolute Gasteiger partial charge is 0.320 e. The van der Waals surface area contributed by atoms with E-state index in [1.807, 2.05) is 6.92 Å². The molecule has 0 aromatic heterocycles. The van der Waals surface area contributed by atoms with Gasteiger partial charge in [0, 0.05) is 6.54 Å². The van der Waals surface area contributed by atoms with Gasteiger partial charge < -0.3 is 10.4 Å². The molecule has 1 aromatic rings. The summed E-state index contributed by atoms with van der Waals surface area (Å²) in [7, 11) is 0. The molecule has 0 heterocycles. The number of aryl methyl sites for hydroxylation is 1. The number of aliphatic carboxylic acids is 1. The molecule has 0 spiro atoms. The fourth-order valence-corrected chi connectivity index (χ4v) is 1.83. The molecule has 116 valence electrons. The quantitative estimate of drug-likeness (QED) is 0.681. The van der Waals surface area contributed by atoms with Gasteiger partial charge in [0.25, 0.3) is 0 Å². The third-order valence-corrected chi connectivity index (χ3v) is 3.11. The first-order valence-corrected chi connectivity index (χ1v) is 6.92. The molecule has 5 nitrogen and oxygen atoms in total. The molecule has 0 bridgehead atoms. The highest BCUT2D eigenvalue weighted by molar-refractivity contribution is 5.79. The highest BCUT2D eigenvalue weighted by atomic mass is 19.1. The van der Waals surface area contributed by atoms with Crippen LogP contribution in [0.4, 0.5) is 4.39 Å². The lowest BCUT2D eigenvalue weighted by Crippen LogP contribution is -2.42. The summed E-state index contributed by atoms with van der Waals surface area (Å²) in [5.41, 5.74) is 1.21. The van der Waals surface area contributed by atoms with E-state index in [-0.39, 0.29) is 24.8 Å². The van der Waals surface area contributed by atoms with Gasteiger partial charge in [0.2, 0.25) is 5.91 Å². The highest BCUT2D eigenvalue weighted by Crippen LogP contribution is 2.08. The average molecular weight is 296 g/mol. The molecular formula is C15H21FN2O3. The summed E-state index contributed by atoms with van der Waals surface area (Å²) in [6.45, 7) is 3.68. The fraction of sp³-hybridized carbons (Fsp3) is 0.467. The van der Waals surface area contributed by atoms with Gasteiger partial charge in [-0.2, -0.15) is 0 Å². The second-order valence-corrected chi connectivity index (χ2v) is 4.92. The molecule has 21 heavy (non-hydrogen) atoms. The van der Waals surface area contributed by atoms with E-state index in [0.717, 1.165) is 0 Å². The molecule has 6 heteroatoms. The van der Waals surface area contributed by atoms with Crippen LogP contribution in [0.15, 0.2) is 18.2 Å². The van der Waals surface area contributed by atoms with Crippen molar-refractivity contribution in [2.45, 2.75) is 39.3 Å². The number of rotatable bonds is 8. The van der Waals surface area contributed by atoms with E-state index >= 15 is 0 Å². The third-order valence-electron chi connectivity index (χ3n) is 3.11. The maximum atomic E-state index is 13.3. The number of nitrogens with one attached hydrogen (secondary N) is 2. The van der Waals surface area contributed by atoms with Gasteiger partial charge in [0.1, 0.15) is 11.9 Å². The van der Waals surface area contributed by atoms with Gasteiger partial charge in [0.05, 0.1) is 6.54 Å². The van der Waals surface area contributed by atoms with Crippen LogP contribution in [0.25, 0.3) is 0 Å². The molecular weight excluding hydrogens is 275 g/mol. The van der Waals surface area contributed by atoms with Gasteiger partial charge >= 0.3 is 5.97 Å². The lowest BCUT2D eigenvalue weighted by Gasteiger charge is -2.13. The molecule has 0 aliphatic rings. The van der Waals surface area contributed by atoms with Crippen molar-refractivity contribution in [1.29, 1.82) is 0 Å². The van der Waals surface area contributed by atoms with E-state index in [0.29, 0.717) is 24.0 Å². The summed E-state index contributed by atoms with van der Waals surface area (Å²) < 4.78 is 13.3. The summed E-state index contributed by atoms with van der Waals surface area (Å²) >= 11 is 0. The molecule has 0 fully saturated rings. The van der Waals surface area contributed by atoms with Crippen LogP contribution in [0.2, 0.25) is 0 Å². The SMILES string of the molecule is CCCC(NCC(=O)NCc1ccc(C)c(F)c1)C(=O)O. The van der Waals surface area contributed by atoms with Crippen molar-refractivity contribution < 1.29 is 19.1 Å². The number of benzene rings is 1. The maximum absolute atomic E-state index is 13.3. The van der Waals surface area contributed by atoms with E-state index < -0.39 is 12.0 Å². The number of carbonyl (C=O) groups is 2. The lowest BCUT2D eigenvalue weighted by atomic mass is 10.1. The van der Waals surface area contributed by atoms with Crippen molar-refractivity contribution >= 4 is 11.9 Å². The molecule has 0 aliphatic carbocycles. The first kappa shape index (κ1) is 17.1. The normalized spacial score (nSPS) is 12.0. The van der Waals surface area contributed by atoms with Crippen LogP contribution in [-0.4, -0.2) is 29.6 Å². The Bertz CT molecular complexity index is 506. The van der Waals surface area contributed by atoms with Crippen LogP contribution < -0.4 is 10.6 Å². The predicted octanol–water partition coefficient (Wildman–Crippen LogP) is 1.59. The minimum Gasteiger partial charge on any atom is -0.480 e. The molecule has 0 radical (unpaired) electrons. The Balaban J connectivity index is 2.39. The number of carboxylic acids is 1. The largest absolute Gasteiger partial charge is 0.480 e. The molecule has 1 atom stereocenters. The molecule has 0 saturated carbocycles. The second-order valence-electron chi connectivity index (χ2n) is 4.92. The maximum Gasteiger partial charge on any atom is 0.320 e. The van der Waals surface area contributed by atoms with Crippen LogP contribution >= 0.6 is 0 Å². The van der Waals surface area contributed by atoms with E-state index in [1.165, 1.54) is 6.07 Å². The first-order valence-electron chi connectivity index (χ1n) is 6.92. The number of carboxylic acid groups (broad SMARTS) is 1. The predicted molar refractivity (Wildman–Crippen MR) is 77.3 cm³/mol. The minimum atomic E-state index is -0.967. The van der Waals surface area contributed by atoms with Crippen molar-refractivity contribution in [2.24, 2.45) is 0 Å². The molecule has 1 aromatic carbocycles. The van der Waals surface area contributed by atoms with Crippen LogP contribution in [0.3, 0.4) is 0 Å². The van der Waals surface area contributed by atoms with Crippen molar-refractivity contribution in [3.05, 3.63) is 35.1 Å². The van der Waals surface area contributed by atoms with Crippen LogP contribution in [-0.2, 0) is 16.1 Å². The van der Waals surface area contributed by atoms with Crippen LogP contribution in [0.1, 0.15) is 30.9 Å². The Morgan fingerprint density at radius 2 is 2.10 bits per heavy atom. The Hall–Kier alpha value is -1.95. The molecule has 1 rings (SSSR count). The van der Waals surface area contributed by atoms with E-state index in [1.54, 1.807) is 19.1 Å². The van der Waals surface area contributed by atoms with Crippen LogP contribution in [0.5, 0.6) is 0 Å². The molecule has 1 amide bonds. The average Bonchev–Trinajstić information content (AvgIpc) is 2.44. The minimum absolute atomic E-state index is 0.0781. The van der Waals surface area contributed by atoms with Crippen molar-refractivity contribution in [3.8, 4) is 0 Å². The van der Waals surface area contributed by atoms with Gasteiger partial charge in [-0.15, -0.1) is 0 Å². The van der Waals surface area contributed by atoms with E-state index in [9.17, 15) is 14.0 Å². The Labute approximate surface area is 123 Å². The summed E-state index contributed by atoms with van der Waals surface area (Å²) in [6, 6.07) is 4.04. The van der Waals surface area contributed by atoms with Crippen molar-refractivity contribution in [2.75, 3.05) is 6.54 Å². The van der Waals surface area contributed by atoms with Gasteiger partial charge in [0.15, 0.2) is 0 Å². The second kappa shape index (κ2) is 8.36.